The molecular formula is C19H22N6O4S. The molecule has 3 heterocycles. The van der Waals surface area contributed by atoms with E-state index in [1.807, 2.05) is 24.4 Å². The number of rotatable bonds is 11. The molecule has 0 spiro atoms. The number of ether oxygens (including phenoxy) is 1. The molecule has 1 amide bonds. The van der Waals surface area contributed by atoms with Crippen LogP contribution < -0.4 is 5.32 Å². The molecule has 3 aromatic heterocycles. The summed E-state index contributed by atoms with van der Waals surface area (Å²) in [5.41, 5.74) is 0. The van der Waals surface area contributed by atoms with Crippen LogP contribution in [0, 0.1) is 0 Å². The molecule has 158 valence electrons. The number of thiophene rings is 1. The summed E-state index contributed by atoms with van der Waals surface area (Å²) in [6.07, 6.45) is 4.03. The minimum Gasteiger partial charge on any atom is -0.456 e. The van der Waals surface area contributed by atoms with Gasteiger partial charge in [-0.25, -0.2) is 9.97 Å². The second-order valence-electron chi connectivity index (χ2n) is 6.20. The fraction of sp³-hybridized carbons (Fsp3) is 0.368. The number of amides is 1. The summed E-state index contributed by atoms with van der Waals surface area (Å²) >= 11 is 1.49. The zero-order chi connectivity index (χ0) is 21.2. The number of aromatic nitrogens is 4. The molecule has 0 unspecified atom stereocenters. The van der Waals surface area contributed by atoms with Crippen molar-refractivity contribution in [1.29, 1.82) is 0 Å². The molecule has 0 radical (unpaired) electrons. The van der Waals surface area contributed by atoms with Crippen molar-refractivity contribution in [3.8, 4) is 10.8 Å². The highest BCUT2D eigenvalue weighted by Gasteiger charge is 2.19. The van der Waals surface area contributed by atoms with Crippen molar-refractivity contribution in [3.63, 3.8) is 0 Å². The van der Waals surface area contributed by atoms with Crippen molar-refractivity contribution >= 4 is 29.2 Å². The van der Waals surface area contributed by atoms with Crippen LogP contribution in [0.15, 0.2) is 40.4 Å². The zero-order valence-corrected chi connectivity index (χ0v) is 17.3. The van der Waals surface area contributed by atoms with E-state index in [-0.39, 0.29) is 25.5 Å². The summed E-state index contributed by atoms with van der Waals surface area (Å²) in [5.74, 6) is 0.377. The normalized spacial score (nSPS) is 10.6. The van der Waals surface area contributed by atoms with Gasteiger partial charge in [-0.1, -0.05) is 13.0 Å². The largest absolute Gasteiger partial charge is 0.456 e. The fourth-order valence-electron chi connectivity index (χ4n) is 2.51. The Morgan fingerprint density at radius 1 is 1.23 bits per heavy atom. The van der Waals surface area contributed by atoms with E-state index in [9.17, 15) is 9.59 Å². The second-order valence-corrected chi connectivity index (χ2v) is 7.15. The molecule has 0 aliphatic carbocycles. The predicted octanol–water partition coefficient (Wildman–Crippen LogP) is 2.37. The maximum atomic E-state index is 12.5. The average molecular weight is 430 g/mol. The highest BCUT2D eigenvalue weighted by atomic mass is 32.1. The first-order valence-electron chi connectivity index (χ1n) is 9.46. The first-order chi connectivity index (χ1) is 14.7. The van der Waals surface area contributed by atoms with Crippen LogP contribution in [0.5, 0.6) is 0 Å². The number of nitrogens with zero attached hydrogens (tertiary/aromatic N) is 5. The van der Waals surface area contributed by atoms with Crippen LogP contribution in [0.1, 0.15) is 25.7 Å². The summed E-state index contributed by atoms with van der Waals surface area (Å²) in [7, 11) is 0. The Morgan fingerprint density at radius 2 is 2.07 bits per heavy atom. The summed E-state index contributed by atoms with van der Waals surface area (Å²) in [6, 6.07) is 5.48. The Balaban J connectivity index is 1.45. The maximum absolute atomic E-state index is 12.5. The molecule has 11 heteroatoms. The number of anilines is 1. The van der Waals surface area contributed by atoms with Gasteiger partial charge in [-0.05, 0) is 23.9 Å². The lowest BCUT2D eigenvalue weighted by Crippen LogP contribution is -2.35. The van der Waals surface area contributed by atoms with Gasteiger partial charge in [0.05, 0.1) is 17.8 Å². The zero-order valence-electron chi connectivity index (χ0n) is 16.5. The third-order valence-electron chi connectivity index (χ3n) is 3.91. The molecular weight excluding hydrogens is 408 g/mol. The topological polar surface area (TPSA) is 123 Å². The van der Waals surface area contributed by atoms with E-state index in [4.69, 9.17) is 9.15 Å². The van der Waals surface area contributed by atoms with Crippen molar-refractivity contribution < 1.29 is 18.7 Å². The summed E-state index contributed by atoms with van der Waals surface area (Å²) < 4.78 is 10.7. The molecule has 0 aliphatic heterocycles. The van der Waals surface area contributed by atoms with Crippen molar-refractivity contribution in [2.45, 2.75) is 26.3 Å². The third kappa shape index (κ3) is 6.34. The first-order valence-corrected chi connectivity index (χ1v) is 10.3. The van der Waals surface area contributed by atoms with Gasteiger partial charge in [-0.15, -0.1) is 21.5 Å². The molecule has 0 aliphatic rings. The Morgan fingerprint density at radius 3 is 2.80 bits per heavy atom. The lowest BCUT2D eigenvalue weighted by molar-refractivity contribution is -0.152. The van der Waals surface area contributed by atoms with Gasteiger partial charge in [0.1, 0.15) is 0 Å². The van der Waals surface area contributed by atoms with E-state index in [1.54, 1.807) is 18.5 Å². The molecule has 1 N–H and O–H groups in total. The predicted molar refractivity (Wildman–Crippen MR) is 109 cm³/mol. The van der Waals surface area contributed by atoms with E-state index in [0.717, 1.165) is 11.3 Å². The smallest absolute Gasteiger partial charge is 0.308 e. The Hall–Kier alpha value is -3.34. The molecule has 0 saturated carbocycles. The van der Waals surface area contributed by atoms with Gasteiger partial charge in [-0.2, -0.15) is 0 Å². The van der Waals surface area contributed by atoms with Gasteiger partial charge in [0, 0.05) is 25.5 Å². The van der Waals surface area contributed by atoms with Gasteiger partial charge < -0.3 is 19.4 Å². The van der Waals surface area contributed by atoms with E-state index >= 15 is 0 Å². The van der Waals surface area contributed by atoms with E-state index in [0.29, 0.717) is 30.8 Å². The van der Waals surface area contributed by atoms with Crippen LogP contribution in [0.3, 0.4) is 0 Å². The minimum atomic E-state index is -0.485. The van der Waals surface area contributed by atoms with Crippen LogP contribution in [0.4, 0.5) is 5.95 Å². The van der Waals surface area contributed by atoms with Crippen LogP contribution in [0.2, 0.25) is 0 Å². The van der Waals surface area contributed by atoms with Gasteiger partial charge in [0.25, 0.3) is 11.8 Å². The molecule has 0 atom stereocenters. The van der Waals surface area contributed by atoms with E-state index in [2.05, 4.69) is 25.5 Å². The van der Waals surface area contributed by atoms with Crippen LogP contribution in [-0.4, -0.2) is 56.6 Å². The third-order valence-corrected chi connectivity index (χ3v) is 4.76. The summed E-state index contributed by atoms with van der Waals surface area (Å²) in [4.78, 5) is 34.8. The van der Waals surface area contributed by atoms with Crippen LogP contribution in [0.25, 0.3) is 10.8 Å². The number of carbonyl (C=O) groups is 2. The van der Waals surface area contributed by atoms with Gasteiger partial charge in [-0.3, -0.25) is 9.59 Å². The SMILES string of the molecule is CCCN(Cc1nnc(-c2cccs2)o1)C(=O)COC(=O)CCNc1ncccn1. The Bertz CT molecular complexity index is 932. The number of hydrogen-bond donors (Lipinski definition) is 1. The molecule has 3 aromatic rings. The monoisotopic (exact) mass is 430 g/mol. The quantitative estimate of drug-likeness (QED) is 0.457. The molecule has 3 rings (SSSR count). The number of nitrogens with one attached hydrogen (secondary N) is 1. The molecule has 0 bridgehead atoms. The van der Waals surface area contributed by atoms with Crippen molar-refractivity contribution in [1.82, 2.24) is 25.1 Å². The van der Waals surface area contributed by atoms with Crippen LogP contribution >= 0.6 is 11.3 Å². The minimum absolute atomic E-state index is 0.0904. The van der Waals surface area contributed by atoms with Gasteiger partial charge in [0.2, 0.25) is 11.8 Å². The lowest BCUT2D eigenvalue weighted by Gasteiger charge is -2.20. The molecule has 30 heavy (non-hydrogen) atoms. The molecule has 0 fully saturated rings. The molecule has 10 nitrogen and oxygen atoms in total. The highest BCUT2D eigenvalue weighted by Crippen LogP contribution is 2.23. The Kier molecular flexibility index (Phi) is 7.84. The average Bonchev–Trinajstić information content (AvgIpc) is 3.44. The molecule has 0 saturated heterocycles. The Labute approximate surface area is 177 Å². The number of esters is 1. The fourth-order valence-corrected chi connectivity index (χ4v) is 3.16. The summed E-state index contributed by atoms with van der Waals surface area (Å²) in [5, 5.41) is 12.9. The van der Waals surface area contributed by atoms with E-state index < -0.39 is 5.97 Å². The first kappa shape index (κ1) is 21.4. The molecule has 0 aromatic carbocycles. The van der Waals surface area contributed by atoms with Crippen molar-refractivity contribution in [2.24, 2.45) is 0 Å². The number of carbonyl (C=O) groups excluding carboxylic acids is 2. The lowest BCUT2D eigenvalue weighted by atomic mass is 10.3. The highest BCUT2D eigenvalue weighted by molar-refractivity contribution is 7.13. The second kappa shape index (κ2) is 11.0. The van der Waals surface area contributed by atoms with Crippen LogP contribution in [-0.2, 0) is 20.9 Å². The van der Waals surface area contributed by atoms with Crippen molar-refractivity contribution in [2.75, 3.05) is 25.0 Å². The van der Waals surface area contributed by atoms with E-state index in [1.165, 1.54) is 16.2 Å². The summed E-state index contributed by atoms with van der Waals surface area (Å²) in [6.45, 7) is 2.57. The standard InChI is InChI=1S/C19H22N6O4S/c1-2-10-25(12-15-23-24-18(29-15)14-5-3-11-30-14)16(26)13-28-17(27)6-9-22-19-20-7-4-8-21-19/h3-5,7-8,11H,2,6,9-10,12-13H2,1H3,(H,20,21,22). The number of hydrogen-bond acceptors (Lipinski definition) is 10. The van der Waals surface area contributed by atoms with Gasteiger partial charge >= 0.3 is 5.97 Å². The van der Waals surface area contributed by atoms with Crippen molar-refractivity contribution in [3.05, 3.63) is 41.9 Å². The maximum Gasteiger partial charge on any atom is 0.308 e. The van der Waals surface area contributed by atoms with Gasteiger partial charge in [0.15, 0.2) is 6.61 Å².